The van der Waals surface area contributed by atoms with Crippen molar-refractivity contribution in [2.24, 2.45) is 5.92 Å². The highest BCUT2D eigenvalue weighted by atomic mass is 35.5. The van der Waals surface area contributed by atoms with E-state index in [9.17, 15) is 9.59 Å². The lowest BCUT2D eigenvalue weighted by atomic mass is 9.92. The molecule has 2 fully saturated rings. The summed E-state index contributed by atoms with van der Waals surface area (Å²) in [5, 5.41) is 13.0. The van der Waals surface area contributed by atoms with Gasteiger partial charge in [-0.3, -0.25) is 9.59 Å². The second-order valence-corrected chi connectivity index (χ2v) is 9.94. The monoisotopic (exact) mass is 460 g/mol. The lowest BCUT2D eigenvalue weighted by Crippen LogP contribution is -2.45. The van der Waals surface area contributed by atoms with Crippen LogP contribution in [0.15, 0.2) is 24.3 Å². The molecule has 2 amide bonds. The van der Waals surface area contributed by atoms with Gasteiger partial charge in [0.2, 0.25) is 16.9 Å². The van der Waals surface area contributed by atoms with Crippen molar-refractivity contribution < 1.29 is 9.59 Å². The molecule has 0 atom stereocenters. The molecule has 1 heterocycles. The zero-order valence-corrected chi connectivity index (χ0v) is 19.3. The molecule has 2 aliphatic carbocycles. The SMILES string of the molecule is O=C(CCN(C(=O)C1CCCC1)C1CCCCC1)Nc1nnc(-c2ccc(Cl)cc2)s1. The van der Waals surface area contributed by atoms with Gasteiger partial charge < -0.3 is 10.2 Å². The molecular weight excluding hydrogens is 432 g/mol. The molecule has 0 spiro atoms. The third kappa shape index (κ3) is 5.83. The van der Waals surface area contributed by atoms with Crippen molar-refractivity contribution in [3.63, 3.8) is 0 Å². The Morgan fingerprint density at radius 3 is 2.39 bits per heavy atom. The van der Waals surface area contributed by atoms with Crippen LogP contribution in [0.5, 0.6) is 0 Å². The number of nitrogens with zero attached hydrogens (tertiary/aromatic N) is 3. The number of anilines is 1. The maximum Gasteiger partial charge on any atom is 0.227 e. The second-order valence-electron chi connectivity index (χ2n) is 8.52. The number of rotatable bonds is 7. The number of nitrogens with one attached hydrogen (secondary N) is 1. The van der Waals surface area contributed by atoms with Gasteiger partial charge in [0, 0.05) is 35.5 Å². The Kier molecular flexibility index (Phi) is 7.56. The minimum Gasteiger partial charge on any atom is -0.339 e. The van der Waals surface area contributed by atoms with Crippen molar-refractivity contribution in [3.05, 3.63) is 29.3 Å². The highest BCUT2D eigenvalue weighted by Gasteiger charge is 2.32. The summed E-state index contributed by atoms with van der Waals surface area (Å²) in [5.41, 5.74) is 0.910. The summed E-state index contributed by atoms with van der Waals surface area (Å²) in [6.07, 6.45) is 10.2. The molecule has 2 aliphatic rings. The zero-order chi connectivity index (χ0) is 21.6. The van der Waals surface area contributed by atoms with Gasteiger partial charge >= 0.3 is 0 Å². The van der Waals surface area contributed by atoms with Crippen LogP contribution in [0, 0.1) is 5.92 Å². The molecule has 6 nitrogen and oxygen atoms in total. The van der Waals surface area contributed by atoms with Crippen molar-refractivity contribution in [1.82, 2.24) is 15.1 Å². The first-order valence-corrected chi connectivity index (χ1v) is 12.5. The van der Waals surface area contributed by atoms with Gasteiger partial charge in [0.25, 0.3) is 0 Å². The Labute approximate surface area is 192 Å². The normalized spacial score (nSPS) is 17.6. The number of hydrogen-bond donors (Lipinski definition) is 1. The molecule has 0 bridgehead atoms. The van der Waals surface area contributed by atoms with Gasteiger partial charge in [0.05, 0.1) is 0 Å². The van der Waals surface area contributed by atoms with Crippen LogP contribution < -0.4 is 5.32 Å². The van der Waals surface area contributed by atoms with Crippen molar-refractivity contribution in [2.75, 3.05) is 11.9 Å². The minimum atomic E-state index is -0.126. The van der Waals surface area contributed by atoms with Crippen molar-refractivity contribution in [1.29, 1.82) is 0 Å². The fourth-order valence-electron chi connectivity index (χ4n) is 4.66. The molecule has 2 aromatic rings. The first-order valence-electron chi connectivity index (χ1n) is 11.3. The largest absolute Gasteiger partial charge is 0.339 e. The smallest absolute Gasteiger partial charge is 0.227 e. The Bertz CT molecular complexity index is 889. The van der Waals surface area contributed by atoms with Gasteiger partial charge in [-0.1, -0.05) is 67.2 Å². The van der Waals surface area contributed by atoms with E-state index in [0.29, 0.717) is 16.7 Å². The van der Waals surface area contributed by atoms with E-state index in [1.807, 2.05) is 17.0 Å². The molecule has 0 aliphatic heterocycles. The molecule has 31 heavy (non-hydrogen) atoms. The molecule has 1 aromatic heterocycles. The van der Waals surface area contributed by atoms with Crippen LogP contribution in [0.1, 0.15) is 64.2 Å². The quantitative estimate of drug-likeness (QED) is 0.588. The Balaban J connectivity index is 1.35. The van der Waals surface area contributed by atoms with Crippen molar-refractivity contribution in [2.45, 2.75) is 70.3 Å². The summed E-state index contributed by atoms with van der Waals surface area (Å²) < 4.78 is 0. The summed E-state index contributed by atoms with van der Waals surface area (Å²) in [6, 6.07) is 7.65. The van der Waals surface area contributed by atoms with E-state index in [1.165, 1.54) is 30.6 Å². The highest BCUT2D eigenvalue weighted by molar-refractivity contribution is 7.18. The van der Waals surface area contributed by atoms with Crippen LogP contribution >= 0.6 is 22.9 Å². The summed E-state index contributed by atoms with van der Waals surface area (Å²) in [4.78, 5) is 27.8. The number of carbonyl (C=O) groups is 2. The van der Waals surface area contributed by atoms with Gasteiger partial charge in [-0.2, -0.15) is 0 Å². The number of benzene rings is 1. The maximum absolute atomic E-state index is 13.2. The van der Waals surface area contributed by atoms with E-state index in [4.69, 9.17) is 11.6 Å². The van der Waals surface area contributed by atoms with Crippen LogP contribution in [-0.4, -0.2) is 39.5 Å². The van der Waals surface area contributed by atoms with Gasteiger partial charge in [0.15, 0.2) is 0 Å². The Hall–Kier alpha value is -1.99. The van der Waals surface area contributed by atoms with E-state index >= 15 is 0 Å². The van der Waals surface area contributed by atoms with Crippen LogP contribution in [0.25, 0.3) is 10.6 Å². The van der Waals surface area contributed by atoms with E-state index in [-0.39, 0.29) is 30.2 Å². The fraction of sp³-hybridized carbons (Fsp3) is 0.565. The van der Waals surface area contributed by atoms with E-state index < -0.39 is 0 Å². The summed E-state index contributed by atoms with van der Waals surface area (Å²) >= 11 is 7.27. The van der Waals surface area contributed by atoms with E-state index in [1.54, 1.807) is 12.1 Å². The molecule has 4 rings (SSSR count). The number of carbonyl (C=O) groups excluding carboxylic acids is 2. The van der Waals surface area contributed by atoms with Gasteiger partial charge in [-0.05, 0) is 37.8 Å². The second kappa shape index (κ2) is 10.6. The van der Waals surface area contributed by atoms with E-state index in [0.717, 1.165) is 49.1 Å². The van der Waals surface area contributed by atoms with Gasteiger partial charge in [-0.25, -0.2) is 0 Å². The summed E-state index contributed by atoms with van der Waals surface area (Å²) in [7, 11) is 0. The molecule has 8 heteroatoms. The average Bonchev–Trinajstić information content (AvgIpc) is 3.48. The summed E-state index contributed by atoms with van der Waals surface area (Å²) in [6.45, 7) is 0.481. The highest BCUT2D eigenvalue weighted by Crippen LogP contribution is 2.31. The van der Waals surface area contributed by atoms with Gasteiger partial charge in [0.1, 0.15) is 5.01 Å². The predicted molar refractivity (Wildman–Crippen MR) is 124 cm³/mol. The number of aromatic nitrogens is 2. The Morgan fingerprint density at radius 2 is 1.68 bits per heavy atom. The zero-order valence-electron chi connectivity index (χ0n) is 17.7. The maximum atomic E-state index is 13.2. The lowest BCUT2D eigenvalue weighted by Gasteiger charge is -2.36. The number of halogens is 1. The standard InChI is InChI=1S/C23H29ClN4O2S/c24-18-12-10-16(11-13-18)21-26-27-23(31-21)25-20(29)14-15-28(19-8-2-1-3-9-19)22(30)17-6-4-5-7-17/h10-13,17,19H,1-9,14-15H2,(H,25,27,29). The number of hydrogen-bond acceptors (Lipinski definition) is 5. The van der Waals surface area contributed by atoms with Crippen LogP contribution in [0.4, 0.5) is 5.13 Å². The molecule has 1 N–H and O–H groups in total. The lowest BCUT2D eigenvalue weighted by molar-refractivity contribution is -0.138. The van der Waals surface area contributed by atoms with Crippen molar-refractivity contribution in [3.8, 4) is 10.6 Å². The van der Waals surface area contributed by atoms with Crippen LogP contribution in [0.2, 0.25) is 5.02 Å². The molecule has 0 unspecified atom stereocenters. The number of amides is 2. The first-order chi connectivity index (χ1) is 15.1. The predicted octanol–water partition coefficient (Wildman–Crippen LogP) is 5.54. The molecular formula is C23H29ClN4O2S. The molecule has 2 saturated carbocycles. The molecule has 166 valence electrons. The van der Waals surface area contributed by atoms with Crippen LogP contribution in [-0.2, 0) is 9.59 Å². The topological polar surface area (TPSA) is 75.2 Å². The third-order valence-corrected chi connectivity index (χ3v) is 7.48. The molecule has 0 saturated heterocycles. The minimum absolute atomic E-state index is 0.126. The van der Waals surface area contributed by atoms with Crippen molar-refractivity contribution >= 4 is 39.9 Å². The van der Waals surface area contributed by atoms with Crippen LogP contribution in [0.3, 0.4) is 0 Å². The average molecular weight is 461 g/mol. The van der Waals surface area contributed by atoms with E-state index in [2.05, 4.69) is 15.5 Å². The summed E-state index contributed by atoms with van der Waals surface area (Å²) in [5.74, 6) is 0.284. The molecule has 1 aromatic carbocycles. The first kappa shape index (κ1) is 22.2. The Morgan fingerprint density at radius 1 is 1.00 bits per heavy atom. The molecule has 0 radical (unpaired) electrons. The van der Waals surface area contributed by atoms with Gasteiger partial charge in [-0.15, -0.1) is 10.2 Å². The fourth-order valence-corrected chi connectivity index (χ4v) is 5.55. The third-order valence-electron chi connectivity index (χ3n) is 6.35.